The summed E-state index contributed by atoms with van der Waals surface area (Å²) in [5.41, 5.74) is 0. The smallest absolute Gasteiger partial charge is 0.191 e. The van der Waals surface area contributed by atoms with Crippen LogP contribution in [0.4, 0.5) is 0 Å². The fourth-order valence-corrected chi connectivity index (χ4v) is 2.41. The number of ether oxygens (including phenoxy) is 3. The average molecular weight is 463 g/mol. The van der Waals surface area contributed by atoms with Crippen LogP contribution in [0.25, 0.3) is 0 Å². The van der Waals surface area contributed by atoms with Gasteiger partial charge in [-0.05, 0) is 32.4 Å². The van der Waals surface area contributed by atoms with E-state index < -0.39 is 0 Å². The maximum Gasteiger partial charge on any atom is 0.191 e. The maximum atomic E-state index is 5.85. The molecule has 1 aliphatic rings. The molecule has 25 heavy (non-hydrogen) atoms. The molecule has 1 saturated heterocycles. The minimum Gasteiger partial charge on any atom is -0.489 e. The monoisotopic (exact) mass is 463 g/mol. The molecule has 3 unspecified atom stereocenters. The van der Waals surface area contributed by atoms with Crippen molar-refractivity contribution in [1.82, 2.24) is 10.6 Å². The van der Waals surface area contributed by atoms with Gasteiger partial charge in [0.2, 0.25) is 0 Å². The Bertz CT molecular complexity index is 496. The summed E-state index contributed by atoms with van der Waals surface area (Å²) >= 11 is 0. The van der Waals surface area contributed by atoms with Crippen LogP contribution >= 0.6 is 24.0 Å². The SMILES string of the molecule is CN=C(NCC(C)Oc1ccccc1)NC(C)COC1CCOC1.I. The van der Waals surface area contributed by atoms with Crippen LogP contribution < -0.4 is 15.4 Å². The highest BCUT2D eigenvalue weighted by Gasteiger charge is 2.17. The summed E-state index contributed by atoms with van der Waals surface area (Å²) in [7, 11) is 1.76. The van der Waals surface area contributed by atoms with E-state index in [-0.39, 0.29) is 42.2 Å². The summed E-state index contributed by atoms with van der Waals surface area (Å²) in [5, 5.41) is 6.61. The first-order valence-corrected chi connectivity index (χ1v) is 8.55. The number of aliphatic imine (C=N–C) groups is 1. The van der Waals surface area contributed by atoms with Gasteiger partial charge < -0.3 is 24.8 Å². The van der Waals surface area contributed by atoms with Crippen molar-refractivity contribution in [3.8, 4) is 5.75 Å². The highest BCUT2D eigenvalue weighted by Crippen LogP contribution is 2.10. The summed E-state index contributed by atoms with van der Waals surface area (Å²) in [4.78, 5) is 4.25. The lowest BCUT2D eigenvalue weighted by Gasteiger charge is -2.21. The van der Waals surface area contributed by atoms with Crippen LogP contribution in [0.1, 0.15) is 20.3 Å². The second-order valence-corrected chi connectivity index (χ2v) is 6.06. The molecule has 0 aliphatic carbocycles. The molecular formula is C18H30IN3O3. The predicted octanol–water partition coefficient (Wildman–Crippen LogP) is 2.43. The van der Waals surface area contributed by atoms with Gasteiger partial charge in [0, 0.05) is 19.7 Å². The van der Waals surface area contributed by atoms with Crippen molar-refractivity contribution in [2.24, 2.45) is 4.99 Å². The predicted molar refractivity (Wildman–Crippen MR) is 111 cm³/mol. The quantitative estimate of drug-likeness (QED) is 0.352. The Morgan fingerprint density at radius 2 is 2.08 bits per heavy atom. The highest BCUT2D eigenvalue weighted by atomic mass is 127. The zero-order valence-electron chi connectivity index (χ0n) is 15.2. The molecule has 0 aromatic heterocycles. The summed E-state index contributed by atoms with van der Waals surface area (Å²) in [6, 6.07) is 9.98. The number of benzene rings is 1. The van der Waals surface area contributed by atoms with E-state index in [4.69, 9.17) is 14.2 Å². The lowest BCUT2D eigenvalue weighted by Crippen LogP contribution is -2.46. The van der Waals surface area contributed by atoms with Gasteiger partial charge in [-0.3, -0.25) is 4.99 Å². The molecule has 0 spiro atoms. The third kappa shape index (κ3) is 8.73. The number of para-hydroxylation sites is 1. The number of hydrogen-bond donors (Lipinski definition) is 2. The van der Waals surface area contributed by atoms with Gasteiger partial charge in [-0.1, -0.05) is 18.2 Å². The van der Waals surface area contributed by atoms with Gasteiger partial charge in [0.25, 0.3) is 0 Å². The van der Waals surface area contributed by atoms with Gasteiger partial charge in [0.15, 0.2) is 5.96 Å². The molecule has 1 aliphatic heterocycles. The molecule has 6 nitrogen and oxygen atoms in total. The number of nitrogens with zero attached hydrogens (tertiary/aromatic N) is 1. The first-order valence-electron chi connectivity index (χ1n) is 8.55. The summed E-state index contributed by atoms with van der Waals surface area (Å²) in [5.74, 6) is 1.62. The Kier molecular flexibility index (Phi) is 10.8. The first kappa shape index (κ1) is 22.0. The van der Waals surface area contributed by atoms with Crippen molar-refractivity contribution in [2.75, 3.05) is 33.4 Å². The normalized spacial score (nSPS) is 19.6. The standard InChI is InChI=1S/C18H29N3O3.HI/c1-14(12-23-17-9-10-22-13-17)21-18(19-3)20-11-15(2)24-16-7-5-4-6-8-16;/h4-8,14-15,17H,9-13H2,1-3H3,(H2,19,20,21);1H. The fourth-order valence-electron chi connectivity index (χ4n) is 2.41. The van der Waals surface area contributed by atoms with Crippen molar-refractivity contribution in [1.29, 1.82) is 0 Å². The van der Waals surface area contributed by atoms with E-state index in [9.17, 15) is 0 Å². The van der Waals surface area contributed by atoms with Gasteiger partial charge in [0.1, 0.15) is 11.9 Å². The van der Waals surface area contributed by atoms with Crippen molar-refractivity contribution in [2.45, 2.75) is 38.5 Å². The van der Waals surface area contributed by atoms with Gasteiger partial charge >= 0.3 is 0 Å². The van der Waals surface area contributed by atoms with Crippen LogP contribution in [0.2, 0.25) is 0 Å². The molecule has 7 heteroatoms. The third-order valence-corrected chi connectivity index (χ3v) is 3.71. The van der Waals surface area contributed by atoms with E-state index in [1.54, 1.807) is 7.05 Å². The molecule has 0 bridgehead atoms. The van der Waals surface area contributed by atoms with Gasteiger partial charge in [-0.25, -0.2) is 0 Å². The molecular weight excluding hydrogens is 433 g/mol. The molecule has 0 saturated carbocycles. The van der Waals surface area contributed by atoms with E-state index >= 15 is 0 Å². The van der Waals surface area contributed by atoms with Crippen LogP contribution in [-0.2, 0) is 9.47 Å². The van der Waals surface area contributed by atoms with Crippen LogP contribution in [-0.4, -0.2) is 57.6 Å². The van der Waals surface area contributed by atoms with Crippen molar-refractivity contribution >= 4 is 29.9 Å². The van der Waals surface area contributed by atoms with Crippen LogP contribution in [0, 0.1) is 0 Å². The number of guanidine groups is 1. The molecule has 1 fully saturated rings. The number of halogens is 1. The maximum absolute atomic E-state index is 5.85. The van der Waals surface area contributed by atoms with E-state index in [0.29, 0.717) is 19.8 Å². The van der Waals surface area contributed by atoms with Crippen LogP contribution in [0.3, 0.4) is 0 Å². The number of nitrogens with one attached hydrogen (secondary N) is 2. The second kappa shape index (κ2) is 12.3. The summed E-state index contributed by atoms with van der Waals surface area (Å²) in [6.07, 6.45) is 1.24. The first-order chi connectivity index (χ1) is 11.7. The van der Waals surface area contributed by atoms with Crippen molar-refractivity contribution in [3.63, 3.8) is 0 Å². The summed E-state index contributed by atoms with van der Waals surface area (Å²) in [6.45, 7) is 6.90. The molecule has 0 amide bonds. The summed E-state index contributed by atoms with van der Waals surface area (Å²) < 4.78 is 17.0. The Labute approximate surface area is 167 Å². The van der Waals surface area contributed by atoms with Gasteiger partial charge in [-0.2, -0.15) is 0 Å². The number of hydrogen-bond acceptors (Lipinski definition) is 4. The van der Waals surface area contributed by atoms with Crippen LogP contribution in [0.15, 0.2) is 35.3 Å². The Balaban J connectivity index is 0.00000312. The zero-order valence-corrected chi connectivity index (χ0v) is 17.6. The lowest BCUT2D eigenvalue weighted by atomic mass is 10.3. The largest absolute Gasteiger partial charge is 0.489 e. The third-order valence-electron chi connectivity index (χ3n) is 3.71. The Morgan fingerprint density at radius 1 is 1.32 bits per heavy atom. The van der Waals surface area contributed by atoms with E-state index in [1.807, 2.05) is 37.3 Å². The Morgan fingerprint density at radius 3 is 2.72 bits per heavy atom. The fraction of sp³-hybridized carbons (Fsp3) is 0.611. The number of rotatable bonds is 8. The molecule has 1 heterocycles. The second-order valence-electron chi connectivity index (χ2n) is 6.06. The molecule has 2 rings (SSSR count). The minimum absolute atomic E-state index is 0. The highest BCUT2D eigenvalue weighted by molar-refractivity contribution is 14.0. The minimum atomic E-state index is 0. The topological polar surface area (TPSA) is 64.1 Å². The molecule has 3 atom stereocenters. The van der Waals surface area contributed by atoms with Gasteiger partial charge in [-0.15, -0.1) is 24.0 Å². The Hall–Kier alpha value is -1.06. The zero-order chi connectivity index (χ0) is 17.2. The average Bonchev–Trinajstić information content (AvgIpc) is 3.11. The van der Waals surface area contributed by atoms with Gasteiger partial charge in [0.05, 0.1) is 25.9 Å². The molecule has 2 N–H and O–H groups in total. The van der Waals surface area contributed by atoms with E-state index in [0.717, 1.165) is 24.7 Å². The van der Waals surface area contributed by atoms with E-state index in [2.05, 4.69) is 22.5 Å². The molecule has 0 radical (unpaired) electrons. The van der Waals surface area contributed by atoms with E-state index in [1.165, 1.54) is 0 Å². The molecule has 1 aromatic carbocycles. The molecule has 142 valence electrons. The van der Waals surface area contributed by atoms with Crippen LogP contribution in [0.5, 0.6) is 5.75 Å². The molecule has 1 aromatic rings. The van der Waals surface area contributed by atoms with Crippen molar-refractivity contribution < 1.29 is 14.2 Å². The van der Waals surface area contributed by atoms with Crippen molar-refractivity contribution in [3.05, 3.63) is 30.3 Å². The lowest BCUT2D eigenvalue weighted by molar-refractivity contribution is 0.0347.